The van der Waals surface area contributed by atoms with Gasteiger partial charge in [-0.15, -0.1) is 6.58 Å². The van der Waals surface area contributed by atoms with Gasteiger partial charge >= 0.3 is 0 Å². The molecule has 5 heteroatoms. The number of aromatic nitrogens is 2. The number of imidazole rings is 1. The van der Waals surface area contributed by atoms with Crippen LogP contribution in [0.15, 0.2) is 25.0 Å². The van der Waals surface area contributed by atoms with Crippen molar-refractivity contribution in [1.82, 2.24) is 14.9 Å². The second kappa shape index (κ2) is 7.09. The number of ether oxygens (including phenoxy) is 1. The molecule has 0 aromatic carbocycles. The maximum atomic E-state index is 11.8. The van der Waals surface area contributed by atoms with E-state index >= 15 is 0 Å². The summed E-state index contributed by atoms with van der Waals surface area (Å²) in [6.07, 6.45) is 8.67. The standard InChI is InChI=1S/C14H21N3O2/c1-2-9-19-10-3-4-14(18)16-12-5-6-13-15-7-8-17(13)11-12/h2,7-8,12H,1,3-6,9-11H2,(H,16,18). The van der Waals surface area contributed by atoms with Crippen LogP contribution in [0.1, 0.15) is 25.1 Å². The molecule has 0 saturated heterocycles. The third-order valence-corrected chi connectivity index (χ3v) is 3.23. The first-order valence-electron chi connectivity index (χ1n) is 6.77. The molecule has 0 saturated carbocycles. The molecular weight excluding hydrogens is 242 g/mol. The summed E-state index contributed by atoms with van der Waals surface area (Å²) in [5.74, 6) is 1.22. The van der Waals surface area contributed by atoms with Gasteiger partial charge in [0.25, 0.3) is 0 Å². The number of fused-ring (bicyclic) bond motifs is 1. The van der Waals surface area contributed by atoms with Gasteiger partial charge in [0.15, 0.2) is 0 Å². The van der Waals surface area contributed by atoms with Crippen LogP contribution in [0.5, 0.6) is 0 Å². The second-order valence-electron chi connectivity index (χ2n) is 4.77. The van der Waals surface area contributed by atoms with E-state index in [0.29, 0.717) is 19.6 Å². The molecule has 0 aliphatic carbocycles. The molecule has 1 aromatic heterocycles. The average molecular weight is 263 g/mol. The van der Waals surface area contributed by atoms with Gasteiger partial charge in [-0.2, -0.15) is 0 Å². The Morgan fingerprint density at radius 1 is 1.68 bits per heavy atom. The molecule has 19 heavy (non-hydrogen) atoms. The van der Waals surface area contributed by atoms with E-state index in [0.717, 1.165) is 31.6 Å². The largest absolute Gasteiger partial charge is 0.377 e. The molecule has 0 bridgehead atoms. The minimum atomic E-state index is 0.107. The first-order valence-corrected chi connectivity index (χ1v) is 6.77. The van der Waals surface area contributed by atoms with E-state index in [1.165, 1.54) is 0 Å². The monoisotopic (exact) mass is 263 g/mol. The first kappa shape index (κ1) is 13.8. The highest BCUT2D eigenvalue weighted by molar-refractivity contribution is 5.76. The molecule has 104 valence electrons. The normalized spacial score (nSPS) is 17.8. The summed E-state index contributed by atoms with van der Waals surface area (Å²) >= 11 is 0. The summed E-state index contributed by atoms with van der Waals surface area (Å²) in [4.78, 5) is 16.1. The Kier molecular flexibility index (Phi) is 5.15. The molecular formula is C14H21N3O2. The zero-order chi connectivity index (χ0) is 13.5. The maximum Gasteiger partial charge on any atom is 0.220 e. The molecule has 1 atom stereocenters. The summed E-state index contributed by atoms with van der Waals surface area (Å²) in [7, 11) is 0. The van der Waals surface area contributed by atoms with Crippen LogP contribution in [0.2, 0.25) is 0 Å². The zero-order valence-corrected chi connectivity index (χ0v) is 11.2. The number of nitrogens with one attached hydrogen (secondary N) is 1. The van der Waals surface area contributed by atoms with Crippen LogP contribution in [0.3, 0.4) is 0 Å². The topological polar surface area (TPSA) is 56.1 Å². The number of hydrogen-bond acceptors (Lipinski definition) is 3. The SMILES string of the molecule is C=CCOCCCC(=O)NC1CCc2nccn2C1. The number of hydrogen-bond donors (Lipinski definition) is 1. The molecule has 0 fully saturated rings. The molecule has 1 unspecified atom stereocenters. The van der Waals surface area contributed by atoms with Gasteiger partial charge in [-0.25, -0.2) is 4.98 Å². The van der Waals surface area contributed by atoms with Crippen molar-refractivity contribution in [3.05, 3.63) is 30.9 Å². The summed E-state index contributed by atoms with van der Waals surface area (Å²) in [6.45, 7) is 5.56. The Morgan fingerprint density at radius 2 is 2.58 bits per heavy atom. The number of amides is 1. The number of rotatable bonds is 7. The van der Waals surface area contributed by atoms with Gasteiger partial charge in [-0.1, -0.05) is 6.08 Å². The summed E-state index contributed by atoms with van der Waals surface area (Å²) in [5.41, 5.74) is 0. The van der Waals surface area contributed by atoms with E-state index in [9.17, 15) is 4.79 Å². The third kappa shape index (κ3) is 4.21. The Bertz CT molecular complexity index is 428. The Balaban J connectivity index is 1.65. The molecule has 1 aliphatic heterocycles. The van der Waals surface area contributed by atoms with Gasteiger partial charge in [-0.05, 0) is 12.8 Å². The Hall–Kier alpha value is -1.62. The number of carbonyl (C=O) groups is 1. The van der Waals surface area contributed by atoms with E-state index in [4.69, 9.17) is 4.74 Å². The van der Waals surface area contributed by atoms with Gasteiger partial charge in [0.1, 0.15) is 5.82 Å². The lowest BCUT2D eigenvalue weighted by Gasteiger charge is -2.24. The molecule has 2 heterocycles. The fourth-order valence-corrected chi connectivity index (χ4v) is 2.29. The van der Waals surface area contributed by atoms with E-state index < -0.39 is 0 Å². The van der Waals surface area contributed by atoms with E-state index in [2.05, 4.69) is 21.4 Å². The molecule has 1 amide bonds. The van der Waals surface area contributed by atoms with Crippen molar-refractivity contribution < 1.29 is 9.53 Å². The second-order valence-corrected chi connectivity index (χ2v) is 4.77. The van der Waals surface area contributed by atoms with Crippen molar-refractivity contribution in [1.29, 1.82) is 0 Å². The molecule has 5 nitrogen and oxygen atoms in total. The lowest BCUT2D eigenvalue weighted by molar-refractivity contribution is -0.122. The van der Waals surface area contributed by atoms with E-state index in [-0.39, 0.29) is 11.9 Å². The molecule has 1 N–H and O–H groups in total. The Labute approximate surface area is 113 Å². The summed E-state index contributed by atoms with van der Waals surface area (Å²) in [5, 5.41) is 3.08. The first-order chi connectivity index (χ1) is 9.29. The van der Waals surface area contributed by atoms with Gasteiger partial charge in [0.2, 0.25) is 5.91 Å². The van der Waals surface area contributed by atoms with Crippen molar-refractivity contribution in [2.24, 2.45) is 0 Å². The fourth-order valence-electron chi connectivity index (χ4n) is 2.29. The number of aryl methyl sites for hydroxylation is 1. The van der Waals surface area contributed by atoms with E-state index in [1.54, 1.807) is 6.08 Å². The predicted molar refractivity (Wildman–Crippen MR) is 72.7 cm³/mol. The zero-order valence-electron chi connectivity index (χ0n) is 11.2. The van der Waals surface area contributed by atoms with E-state index in [1.807, 2.05) is 12.4 Å². The van der Waals surface area contributed by atoms with Crippen molar-refractivity contribution in [2.75, 3.05) is 13.2 Å². The molecule has 0 radical (unpaired) electrons. The van der Waals surface area contributed by atoms with Crippen LogP contribution in [0, 0.1) is 0 Å². The van der Waals surface area contributed by atoms with Gasteiger partial charge in [0, 0.05) is 44.4 Å². The minimum absolute atomic E-state index is 0.107. The fraction of sp³-hybridized carbons (Fsp3) is 0.571. The van der Waals surface area contributed by atoms with Gasteiger partial charge < -0.3 is 14.6 Å². The van der Waals surface area contributed by atoms with Crippen LogP contribution in [-0.2, 0) is 22.5 Å². The highest BCUT2D eigenvalue weighted by atomic mass is 16.5. The third-order valence-electron chi connectivity index (χ3n) is 3.23. The smallest absolute Gasteiger partial charge is 0.220 e. The Morgan fingerprint density at radius 3 is 3.42 bits per heavy atom. The summed E-state index contributed by atoms with van der Waals surface area (Å²) < 4.78 is 7.36. The molecule has 1 aliphatic rings. The van der Waals surface area contributed by atoms with Crippen LogP contribution >= 0.6 is 0 Å². The van der Waals surface area contributed by atoms with Crippen molar-refractivity contribution >= 4 is 5.91 Å². The lowest BCUT2D eigenvalue weighted by atomic mass is 10.1. The number of carbonyl (C=O) groups excluding carboxylic acids is 1. The summed E-state index contributed by atoms with van der Waals surface area (Å²) in [6, 6.07) is 0.225. The number of nitrogens with zero attached hydrogens (tertiary/aromatic N) is 2. The lowest BCUT2D eigenvalue weighted by Crippen LogP contribution is -2.40. The molecule has 1 aromatic rings. The van der Waals surface area contributed by atoms with Crippen LogP contribution in [0.4, 0.5) is 0 Å². The van der Waals surface area contributed by atoms with Crippen molar-refractivity contribution in [3.63, 3.8) is 0 Å². The van der Waals surface area contributed by atoms with Crippen LogP contribution in [0.25, 0.3) is 0 Å². The van der Waals surface area contributed by atoms with Crippen LogP contribution < -0.4 is 5.32 Å². The maximum absolute atomic E-state index is 11.8. The predicted octanol–water partition coefficient (Wildman–Crippen LogP) is 1.30. The van der Waals surface area contributed by atoms with Crippen molar-refractivity contribution in [3.8, 4) is 0 Å². The van der Waals surface area contributed by atoms with Crippen molar-refractivity contribution in [2.45, 2.75) is 38.3 Å². The molecule has 0 spiro atoms. The molecule has 2 rings (SSSR count). The van der Waals surface area contributed by atoms with Crippen LogP contribution in [-0.4, -0.2) is 34.7 Å². The average Bonchev–Trinajstić information content (AvgIpc) is 2.86. The quantitative estimate of drug-likeness (QED) is 0.596. The highest BCUT2D eigenvalue weighted by Gasteiger charge is 2.19. The highest BCUT2D eigenvalue weighted by Crippen LogP contribution is 2.13. The minimum Gasteiger partial charge on any atom is -0.377 e. The van der Waals surface area contributed by atoms with Gasteiger partial charge in [-0.3, -0.25) is 4.79 Å². The van der Waals surface area contributed by atoms with Gasteiger partial charge in [0.05, 0.1) is 6.61 Å².